The molecule has 0 aliphatic rings. The van der Waals surface area contributed by atoms with E-state index in [4.69, 9.17) is 11.2 Å². The van der Waals surface area contributed by atoms with Crippen molar-refractivity contribution in [3.63, 3.8) is 0 Å². The molecule has 0 rings (SSSR count). The summed E-state index contributed by atoms with van der Waals surface area (Å²) in [5.74, 6) is 2.29. The summed E-state index contributed by atoms with van der Waals surface area (Å²) in [5.41, 5.74) is -0.595. The number of alkyl carbamates (subject to hydrolysis) is 1. The second kappa shape index (κ2) is 7.67. The number of amides is 2. The molecular formula is C14H24N2O3. The van der Waals surface area contributed by atoms with Gasteiger partial charge < -0.3 is 15.4 Å². The molecule has 0 saturated carbocycles. The minimum atomic E-state index is -0.636. The quantitative estimate of drug-likeness (QED) is 0.745. The van der Waals surface area contributed by atoms with Gasteiger partial charge in [0.05, 0.1) is 6.54 Å². The highest BCUT2D eigenvalue weighted by Crippen LogP contribution is 2.09. The molecule has 0 saturated heterocycles. The van der Waals surface area contributed by atoms with Crippen LogP contribution in [0.25, 0.3) is 0 Å². The molecule has 1 unspecified atom stereocenters. The summed E-state index contributed by atoms with van der Waals surface area (Å²) < 4.78 is 5.13. The Morgan fingerprint density at radius 3 is 2.32 bits per heavy atom. The van der Waals surface area contributed by atoms with Crippen LogP contribution in [-0.4, -0.2) is 30.2 Å². The zero-order valence-electron chi connectivity index (χ0n) is 12.4. The van der Waals surface area contributed by atoms with Gasteiger partial charge in [0, 0.05) is 0 Å². The molecule has 0 fully saturated rings. The van der Waals surface area contributed by atoms with Gasteiger partial charge in [-0.3, -0.25) is 4.79 Å². The van der Waals surface area contributed by atoms with Gasteiger partial charge in [-0.25, -0.2) is 4.79 Å². The first-order valence-corrected chi connectivity index (χ1v) is 6.36. The first-order valence-electron chi connectivity index (χ1n) is 6.36. The molecule has 0 spiro atoms. The van der Waals surface area contributed by atoms with Crippen LogP contribution in [0.3, 0.4) is 0 Å². The number of hydrogen-bond donors (Lipinski definition) is 2. The van der Waals surface area contributed by atoms with Gasteiger partial charge in [-0.1, -0.05) is 19.8 Å². The molecular weight excluding hydrogens is 244 g/mol. The third-order valence-corrected chi connectivity index (χ3v) is 2.08. The smallest absolute Gasteiger partial charge is 0.408 e. The van der Waals surface area contributed by atoms with E-state index in [1.165, 1.54) is 0 Å². The Balaban J connectivity index is 4.55. The first kappa shape index (κ1) is 17.3. The zero-order chi connectivity index (χ0) is 15.1. The Labute approximate surface area is 115 Å². The van der Waals surface area contributed by atoms with Crippen LogP contribution in [0.15, 0.2) is 0 Å². The average Bonchev–Trinajstić information content (AvgIpc) is 2.21. The fourth-order valence-corrected chi connectivity index (χ4v) is 1.41. The Morgan fingerprint density at radius 2 is 1.89 bits per heavy atom. The van der Waals surface area contributed by atoms with Crippen LogP contribution in [0, 0.1) is 18.3 Å². The topological polar surface area (TPSA) is 67.4 Å². The Morgan fingerprint density at radius 1 is 1.32 bits per heavy atom. The molecule has 0 bridgehead atoms. The van der Waals surface area contributed by atoms with Gasteiger partial charge in [-0.2, -0.15) is 0 Å². The molecule has 0 aromatic rings. The lowest BCUT2D eigenvalue weighted by Crippen LogP contribution is -2.48. The number of rotatable bonds is 5. The van der Waals surface area contributed by atoms with E-state index in [-0.39, 0.29) is 18.4 Å². The molecule has 5 nitrogen and oxygen atoms in total. The van der Waals surface area contributed by atoms with E-state index in [1.54, 1.807) is 20.8 Å². The maximum absolute atomic E-state index is 11.9. The molecule has 2 N–H and O–H groups in total. The summed E-state index contributed by atoms with van der Waals surface area (Å²) >= 11 is 0. The Hall–Kier alpha value is -1.70. The van der Waals surface area contributed by atoms with Crippen LogP contribution in [0.2, 0.25) is 0 Å². The zero-order valence-corrected chi connectivity index (χ0v) is 12.4. The third kappa shape index (κ3) is 8.95. The van der Waals surface area contributed by atoms with Crippen molar-refractivity contribution in [1.29, 1.82) is 0 Å². The Kier molecular flexibility index (Phi) is 6.99. The molecule has 1 atom stereocenters. The third-order valence-electron chi connectivity index (χ3n) is 2.08. The van der Waals surface area contributed by atoms with E-state index in [1.807, 2.05) is 13.8 Å². The molecule has 0 heterocycles. The normalized spacial score (nSPS) is 12.5. The average molecular weight is 268 g/mol. The second-order valence-electron chi connectivity index (χ2n) is 5.75. The van der Waals surface area contributed by atoms with Crippen LogP contribution >= 0.6 is 0 Å². The number of terminal acetylenes is 1. The van der Waals surface area contributed by atoms with Crippen LogP contribution in [0.5, 0.6) is 0 Å². The molecule has 0 aliphatic heterocycles. The van der Waals surface area contributed by atoms with Crippen LogP contribution in [-0.2, 0) is 9.53 Å². The highest BCUT2D eigenvalue weighted by molar-refractivity contribution is 5.85. The lowest BCUT2D eigenvalue weighted by molar-refractivity contribution is -0.123. The first-order chi connectivity index (χ1) is 8.65. The highest BCUT2D eigenvalue weighted by Gasteiger charge is 2.24. The van der Waals surface area contributed by atoms with Crippen molar-refractivity contribution in [2.24, 2.45) is 5.92 Å². The summed E-state index contributed by atoms with van der Waals surface area (Å²) in [6.07, 6.45) is 5.01. The molecule has 0 aromatic heterocycles. The van der Waals surface area contributed by atoms with E-state index in [2.05, 4.69) is 16.6 Å². The van der Waals surface area contributed by atoms with E-state index < -0.39 is 17.7 Å². The minimum Gasteiger partial charge on any atom is -0.444 e. The van der Waals surface area contributed by atoms with Gasteiger partial charge in [-0.15, -0.1) is 6.42 Å². The summed E-state index contributed by atoms with van der Waals surface area (Å²) in [6, 6.07) is -0.636. The van der Waals surface area contributed by atoms with Crippen molar-refractivity contribution in [1.82, 2.24) is 10.6 Å². The van der Waals surface area contributed by atoms with Gasteiger partial charge >= 0.3 is 6.09 Å². The van der Waals surface area contributed by atoms with Crippen molar-refractivity contribution < 1.29 is 14.3 Å². The van der Waals surface area contributed by atoms with Crippen LogP contribution < -0.4 is 10.6 Å². The summed E-state index contributed by atoms with van der Waals surface area (Å²) in [7, 11) is 0. The fraction of sp³-hybridized carbons (Fsp3) is 0.714. The molecule has 0 aromatic carbocycles. The largest absolute Gasteiger partial charge is 0.444 e. The number of nitrogens with one attached hydrogen (secondary N) is 2. The van der Waals surface area contributed by atoms with Crippen LogP contribution in [0.4, 0.5) is 4.79 Å². The van der Waals surface area contributed by atoms with E-state index in [9.17, 15) is 9.59 Å². The van der Waals surface area contributed by atoms with Crippen molar-refractivity contribution in [2.45, 2.75) is 52.7 Å². The van der Waals surface area contributed by atoms with Crippen molar-refractivity contribution in [3.8, 4) is 12.3 Å². The number of carbonyl (C=O) groups is 2. The highest BCUT2D eigenvalue weighted by atomic mass is 16.6. The molecule has 108 valence electrons. The lowest BCUT2D eigenvalue weighted by atomic mass is 10.0. The summed E-state index contributed by atoms with van der Waals surface area (Å²) in [6.45, 7) is 9.38. The van der Waals surface area contributed by atoms with Gasteiger partial charge in [0.1, 0.15) is 11.6 Å². The predicted octanol–water partition coefficient (Wildman–Crippen LogP) is 1.68. The van der Waals surface area contributed by atoms with E-state index in [0.29, 0.717) is 6.42 Å². The van der Waals surface area contributed by atoms with Crippen molar-refractivity contribution in [3.05, 3.63) is 0 Å². The summed E-state index contributed by atoms with van der Waals surface area (Å²) in [4.78, 5) is 23.5. The van der Waals surface area contributed by atoms with E-state index in [0.717, 1.165) is 0 Å². The Bertz CT molecular complexity index is 351. The minimum absolute atomic E-state index is 0.142. The number of carbonyl (C=O) groups excluding carboxylic acids is 2. The standard InChI is InChI=1S/C14H24N2O3/c1-7-8-15-12(17)11(9-10(2)3)16-13(18)19-14(4,5)6/h1,10-11H,8-9H2,2-6H3,(H,15,17)(H,16,18). The maximum atomic E-state index is 11.9. The molecule has 2 amide bonds. The van der Waals surface area contributed by atoms with E-state index >= 15 is 0 Å². The fourth-order valence-electron chi connectivity index (χ4n) is 1.41. The molecule has 0 aliphatic carbocycles. The maximum Gasteiger partial charge on any atom is 0.408 e. The number of ether oxygens (including phenoxy) is 1. The SMILES string of the molecule is C#CCNC(=O)C(CC(C)C)NC(=O)OC(C)(C)C. The van der Waals surface area contributed by atoms with Crippen LogP contribution in [0.1, 0.15) is 41.0 Å². The molecule has 0 radical (unpaired) electrons. The van der Waals surface area contributed by atoms with Gasteiger partial charge in [0.25, 0.3) is 0 Å². The predicted molar refractivity (Wildman–Crippen MR) is 74.5 cm³/mol. The number of hydrogen-bond acceptors (Lipinski definition) is 3. The van der Waals surface area contributed by atoms with Crippen molar-refractivity contribution >= 4 is 12.0 Å². The lowest BCUT2D eigenvalue weighted by Gasteiger charge is -2.24. The summed E-state index contributed by atoms with van der Waals surface area (Å²) in [5, 5.41) is 5.13. The van der Waals surface area contributed by atoms with Gasteiger partial charge in [-0.05, 0) is 33.1 Å². The van der Waals surface area contributed by atoms with Gasteiger partial charge in [0.15, 0.2) is 0 Å². The second-order valence-corrected chi connectivity index (χ2v) is 5.75. The van der Waals surface area contributed by atoms with Crippen molar-refractivity contribution in [2.75, 3.05) is 6.54 Å². The molecule has 5 heteroatoms. The van der Waals surface area contributed by atoms with Gasteiger partial charge in [0.2, 0.25) is 5.91 Å². The monoisotopic (exact) mass is 268 g/mol. The molecule has 19 heavy (non-hydrogen) atoms.